The van der Waals surface area contributed by atoms with Crippen LogP contribution >= 0.6 is 0 Å². The van der Waals surface area contributed by atoms with E-state index in [1.807, 2.05) is 6.07 Å². The summed E-state index contributed by atoms with van der Waals surface area (Å²) < 4.78 is 0. The van der Waals surface area contributed by atoms with Gasteiger partial charge in [0.05, 0.1) is 0 Å². The number of benzene rings is 1. The standard InChI is InChI=1S/C12H13N3/c1-8-4-3-5-9(2)11(8)12-14-7-6-10(13)15-12/h3-7H,1-2H3,(H2,13,14,15). The maximum Gasteiger partial charge on any atom is 0.162 e. The molecule has 15 heavy (non-hydrogen) atoms. The third-order valence-electron chi connectivity index (χ3n) is 2.38. The Morgan fingerprint density at radius 1 is 1.07 bits per heavy atom. The van der Waals surface area contributed by atoms with E-state index in [2.05, 4.69) is 35.9 Å². The molecule has 0 fully saturated rings. The first kappa shape index (κ1) is 9.65. The van der Waals surface area contributed by atoms with E-state index in [0.29, 0.717) is 11.6 Å². The third kappa shape index (κ3) is 1.81. The molecule has 0 aliphatic carbocycles. The van der Waals surface area contributed by atoms with Crippen LogP contribution in [0.2, 0.25) is 0 Å². The van der Waals surface area contributed by atoms with Crippen molar-refractivity contribution >= 4 is 5.82 Å². The van der Waals surface area contributed by atoms with Crippen LogP contribution in [0, 0.1) is 13.8 Å². The first-order chi connectivity index (χ1) is 7.18. The fourth-order valence-corrected chi connectivity index (χ4v) is 1.66. The van der Waals surface area contributed by atoms with Crippen molar-refractivity contribution in [1.82, 2.24) is 9.97 Å². The van der Waals surface area contributed by atoms with Crippen LogP contribution < -0.4 is 5.73 Å². The van der Waals surface area contributed by atoms with E-state index >= 15 is 0 Å². The second-order valence-electron chi connectivity index (χ2n) is 3.57. The van der Waals surface area contributed by atoms with Gasteiger partial charge in [-0.1, -0.05) is 18.2 Å². The average molecular weight is 199 g/mol. The molecule has 0 aliphatic heterocycles. The summed E-state index contributed by atoms with van der Waals surface area (Å²) in [6.07, 6.45) is 1.68. The minimum Gasteiger partial charge on any atom is -0.384 e. The average Bonchev–Trinajstić information content (AvgIpc) is 2.17. The molecule has 0 saturated carbocycles. The highest BCUT2D eigenvalue weighted by Crippen LogP contribution is 2.23. The van der Waals surface area contributed by atoms with Gasteiger partial charge in [-0.3, -0.25) is 0 Å². The molecule has 1 aromatic heterocycles. The van der Waals surface area contributed by atoms with Crippen molar-refractivity contribution in [2.45, 2.75) is 13.8 Å². The number of aromatic nitrogens is 2. The Morgan fingerprint density at radius 2 is 1.73 bits per heavy atom. The van der Waals surface area contributed by atoms with Gasteiger partial charge in [-0.15, -0.1) is 0 Å². The molecule has 0 unspecified atom stereocenters. The molecule has 1 heterocycles. The van der Waals surface area contributed by atoms with Gasteiger partial charge in [0.2, 0.25) is 0 Å². The highest BCUT2D eigenvalue weighted by atomic mass is 14.9. The molecular weight excluding hydrogens is 186 g/mol. The Hall–Kier alpha value is -1.90. The second kappa shape index (κ2) is 3.69. The maximum absolute atomic E-state index is 5.64. The van der Waals surface area contributed by atoms with Crippen LogP contribution in [-0.2, 0) is 0 Å². The van der Waals surface area contributed by atoms with Gasteiger partial charge in [-0.2, -0.15) is 0 Å². The lowest BCUT2D eigenvalue weighted by molar-refractivity contribution is 1.16. The fraction of sp³-hybridized carbons (Fsp3) is 0.167. The monoisotopic (exact) mass is 199 g/mol. The van der Waals surface area contributed by atoms with E-state index in [1.165, 1.54) is 11.1 Å². The summed E-state index contributed by atoms with van der Waals surface area (Å²) in [4.78, 5) is 8.47. The third-order valence-corrected chi connectivity index (χ3v) is 2.38. The number of nitrogens with zero attached hydrogens (tertiary/aromatic N) is 2. The molecule has 0 spiro atoms. The van der Waals surface area contributed by atoms with Gasteiger partial charge in [0, 0.05) is 11.8 Å². The van der Waals surface area contributed by atoms with Crippen molar-refractivity contribution in [2.24, 2.45) is 0 Å². The lowest BCUT2D eigenvalue weighted by Gasteiger charge is -2.07. The molecule has 0 aliphatic rings. The largest absolute Gasteiger partial charge is 0.384 e. The van der Waals surface area contributed by atoms with Crippen molar-refractivity contribution < 1.29 is 0 Å². The van der Waals surface area contributed by atoms with E-state index in [1.54, 1.807) is 12.3 Å². The van der Waals surface area contributed by atoms with Gasteiger partial charge < -0.3 is 5.73 Å². The molecule has 3 heteroatoms. The zero-order chi connectivity index (χ0) is 10.8. The quantitative estimate of drug-likeness (QED) is 0.767. The molecule has 0 bridgehead atoms. The Morgan fingerprint density at radius 3 is 2.33 bits per heavy atom. The predicted octanol–water partition coefficient (Wildman–Crippen LogP) is 2.34. The summed E-state index contributed by atoms with van der Waals surface area (Å²) in [5, 5.41) is 0. The van der Waals surface area contributed by atoms with Crippen molar-refractivity contribution in [1.29, 1.82) is 0 Å². The summed E-state index contributed by atoms with van der Waals surface area (Å²) in [5.41, 5.74) is 9.05. The van der Waals surface area contributed by atoms with Gasteiger partial charge in [0.1, 0.15) is 5.82 Å². The molecule has 2 rings (SSSR count). The van der Waals surface area contributed by atoms with Crippen molar-refractivity contribution in [2.75, 3.05) is 5.73 Å². The lowest BCUT2D eigenvalue weighted by atomic mass is 10.0. The highest BCUT2D eigenvalue weighted by Gasteiger charge is 2.07. The SMILES string of the molecule is Cc1cccc(C)c1-c1nccc(N)n1. The molecule has 3 nitrogen and oxygen atoms in total. The molecule has 0 saturated heterocycles. The van der Waals surface area contributed by atoms with E-state index in [9.17, 15) is 0 Å². The number of hydrogen-bond donors (Lipinski definition) is 1. The van der Waals surface area contributed by atoms with Crippen LogP contribution in [-0.4, -0.2) is 9.97 Å². The first-order valence-corrected chi connectivity index (χ1v) is 4.83. The van der Waals surface area contributed by atoms with Gasteiger partial charge in [0.25, 0.3) is 0 Å². The summed E-state index contributed by atoms with van der Waals surface area (Å²) in [7, 11) is 0. The van der Waals surface area contributed by atoms with E-state index in [0.717, 1.165) is 5.56 Å². The number of nitrogen functional groups attached to an aromatic ring is 1. The second-order valence-corrected chi connectivity index (χ2v) is 3.57. The zero-order valence-corrected chi connectivity index (χ0v) is 8.86. The zero-order valence-electron chi connectivity index (χ0n) is 8.86. The topological polar surface area (TPSA) is 51.8 Å². The Bertz CT molecular complexity index is 472. The van der Waals surface area contributed by atoms with Crippen molar-refractivity contribution in [3.05, 3.63) is 41.6 Å². The molecule has 76 valence electrons. The summed E-state index contributed by atoms with van der Waals surface area (Å²) in [5.74, 6) is 1.20. The van der Waals surface area contributed by atoms with Crippen LogP contribution in [0.3, 0.4) is 0 Å². The number of anilines is 1. The molecule has 0 atom stereocenters. The highest BCUT2D eigenvalue weighted by molar-refractivity contribution is 5.65. The Kier molecular flexibility index (Phi) is 2.37. The number of aryl methyl sites for hydroxylation is 2. The van der Waals surface area contributed by atoms with Crippen LogP contribution in [0.5, 0.6) is 0 Å². The molecule has 2 N–H and O–H groups in total. The number of rotatable bonds is 1. The predicted molar refractivity (Wildman–Crippen MR) is 61.4 cm³/mol. The molecular formula is C12H13N3. The Balaban J connectivity index is 2.63. The van der Waals surface area contributed by atoms with Gasteiger partial charge in [-0.25, -0.2) is 9.97 Å². The van der Waals surface area contributed by atoms with E-state index < -0.39 is 0 Å². The Labute approximate surface area is 89.0 Å². The van der Waals surface area contributed by atoms with Gasteiger partial charge >= 0.3 is 0 Å². The smallest absolute Gasteiger partial charge is 0.162 e. The van der Waals surface area contributed by atoms with Crippen LogP contribution in [0.4, 0.5) is 5.82 Å². The first-order valence-electron chi connectivity index (χ1n) is 4.83. The maximum atomic E-state index is 5.64. The minimum atomic E-state index is 0.502. The van der Waals surface area contributed by atoms with E-state index in [4.69, 9.17) is 5.73 Å². The minimum absolute atomic E-state index is 0.502. The van der Waals surface area contributed by atoms with Gasteiger partial charge in [-0.05, 0) is 31.0 Å². The van der Waals surface area contributed by atoms with Crippen molar-refractivity contribution in [3.63, 3.8) is 0 Å². The van der Waals surface area contributed by atoms with Crippen LogP contribution in [0.25, 0.3) is 11.4 Å². The summed E-state index contributed by atoms with van der Waals surface area (Å²) >= 11 is 0. The van der Waals surface area contributed by atoms with Crippen LogP contribution in [0.15, 0.2) is 30.5 Å². The molecule has 0 radical (unpaired) electrons. The summed E-state index contributed by atoms with van der Waals surface area (Å²) in [6, 6.07) is 7.82. The van der Waals surface area contributed by atoms with Crippen molar-refractivity contribution in [3.8, 4) is 11.4 Å². The fourth-order valence-electron chi connectivity index (χ4n) is 1.66. The normalized spacial score (nSPS) is 10.3. The molecule has 2 aromatic rings. The summed E-state index contributed by atoms with van der Waals surface area (Å²) in [6.45, 7) is 4.10. The van der Waals surface area contributed by atoms with E-state index in [-0.39, 0.29) is 0 Å². The van der Waals surface area contributed by atoms with Gasteiger partial charge in [0.15, 0.2) is 5.82 Å². The lowest BCUT2D eigenvalue weighted by Crippen LogP contribution is -1.97. The molecule has 1 aromatic carbocycles. The number of hydrogen-bond acceptors (Lipinski definition) is 3. The van der Waals surface area contributed by atoms with Crippen LogP contribution in [0.1, 0.15) is 11.1 Å². The molecule has 0 amide bonds. The number of nitrogens with two attached hydrogens (primary N) is 1.